The molecule has 0 spiro atoms. The van der Waals surface area contributed by atoms with E-state index in [-0.39, 0.29) is 34.7 Å². The van der Waals surface area contributed by atoms with Gasteiger partial charge >= 0.3 is 5.97 Å². The molecule has 2 bridgehead atoms. The number of hydrogen-bond acceptors (Lipinski definition) is 7. The Morgan fingerprint density at radius 3 is 2.70 bits per heavy atom. The lowest BCUT2D eigenvalue weighted by Crippen LogP contribution is -2.42. The third-order valence-electron chi connectivity index (χ3n) is 5.21. The second-order valence-electron chi connectivity index (χ2n) is 6.81. The summed E-state index contributed by atoms with van der Waals surface area (Å²) in [6.07, 6.45) is 2.20. The molecular weight excluding hydrogens is 374 g/mol. The van der Waals surface area contributed by atoms with E-state index in [4.69, 9.17) is 4.74 Å². The number of ether oxygens (including phenoxy) is 1. The van der Waals surface area contributed by atoms with Gasteiger partial charge < -0.3 is 10.1 Å². The van der Waals surface area contributed by atoms with Crippen molar-refractivity contribution in [3.05, 3.63) is 33.4 Å². The van der Waals surface area contributed by atoms with Crippen LogP contribution in [0.25, 0.3) is 0 Å². The standard InChI is InChI=1S/C17H23N3O6S/c1-3-26-17(21)15-8-14(9-16(11(15)2)20(22)23)27(24,25)19-12-4-5-13(19)10-18-7-6-12/h8-9,12-13,18H,3-7,10H2,1-2H3. The molecule has 2 aliphatic rings. The molecule has 2 fully saturated rings. The maximum Gasteiger partial charge on any atom is 0.338 e. The summed E-state index contributed by atoms with van der Waals surface area (Å²) >= 11 is 0. The van der Waals surface area contributed by atoms with E-state index in [9.17, 15) is 23.3 Å². The zero-order valence-corrected chi connectivity index (χ0v) is 16.1. The highest BCUT2D eigenvalue weighted by Gasteiger charge is 2.43. The minimum Gasteiger partial charge on any atom is -0.462 e. The molecule has 0 amide bonds. The zero-order valence-electron chi connectivity index (χ0n) is 15.3. The molecule has 0 radical (unpaired) electrons. The number of carbonyl (C=O) groups excluding carboxylic acids is 1. The van der Waals surface area contributed by atoms with Crippen LogP contribution < -0.4 is 5.32 Å². The number of nitrogens with one attached hydrogen (secondary N) is 1. The number of sulfonamides is 1. The van der Waals surface area contributed by atoms with Gasteiger partial charge in [0, 0.05) is 30.3 Å². The molecule has 2 aliphatic heterocycles. The SMILES string of the molecule is CCOC(=O)c1cc(S(=O)(=O)N2C3CCNCC2CC3)cc([N+](=O)[O-])c1C. The average molecular weight is 397 g/mol. The van der Waals surface area contributed by atoms with Gasteiger partial charge in [-0.15, -0.1) is 0 Å². The molecule has 27 heavy (non-hydrogen) atoms. The monoisotopic (exact) mass is 397 g/mol. The number of carbonyl (C=O) groups is 1. The summed E-state index contributed by atoms with van der Waals surface area (Å²) in [7, 11) is -3.98. The van der Waals surface area contributed by atoms with E-state index in [2.05, 4.69) is 5.32 Å². The normalized spacial score (nSPS) is 23.0. The summed E-state index contributed by atoms with van der Waals surface area (Å²) in [4.78, 5) is 22.8. The molecule has 3 rings (SSSR count). The van der Waals surface area contributed by atoms with E-state index >= 15 is 0 Å². The Labute approximate surface area is 157 Å². The van der Waals surface area contributed by atoms with Gasteiger partial charge in [0.05, 0.1) is 22.0 Å². The fourth-order valence-electron chi connectivity index (χ4n) is 3.89. The first kappa shape index (κ1) is 19.7. The molecule has 2 heterocycles. The van der Waals surface area contributed by atoms with Gasteiger partial charge in [-0.1, -0.05) is 0 Å². The molecule has 1 aromatic carbocycles. The van der Waals surface area contributed by atoms with E-state index in [1.807, 2.05) is 0 Å². The summed E-state index contributed by atoms with van der Waals surface area (Å²) in [6, 6.07) is 1.92. The van der Waals surface area contributed by atoms with Crippen LogP contribution in [0, 0.1) is 17.0 Å². The molecule has 1 aromatic rings. The van der Waals surface area contributed by atoms with Crippen molar-refractivity contribution in [1.82, 2.24) is 9.62 Å². The molecule has 1 N–H and O–H groups in total. The van der Waals surface area contributed by atoms with Crippen molar-refractivity contribution in [1.29, 1.82) is 0 Å². The minimum absolute atomic E-state index is 0.0883. The van der Waals surface area contributed by atoms with Crippen molar-refractivity contribution in [3.63, 3.8) is 0 Å². The van der Waals surface area contributed by atoms with Crippen molar-refractivity contribution >= 4 is 21.7 Å². The van der Waals surface area contributed by atoms with Gasteiger partial charge in [0.2, 0.25) is 10.0 Å². The maximum absolute atomic E-state index is 13.3. The van der Waals surface area contributed by atoms with Crippen LogP contribution in [-0.2, 0) is 14.8 Å². The van der Waals surface area contributed by atoms with Crippen molar-refractivity contribution in [2.75, 3.05) is 19.7 Å². The summed E-state index contributed by atoms with van der Waals surface area (Å²) in [5.74, 6) is -0.768. The first-order valence-corrected chi connectivity index (χ1v) is 10.4. The van der Waals surface area contributed by atoms with E-state index in [1.165, 1.54) is 17.3 Å². The number of hydrogen-bond donors (Lipinski definition) is 1. The minimum atomic E-state index is -3.98. The van der Waals surface area contributed by atoms with E-state index in [0.29, 0.717) is 13.0 Å². The van der Waals surface area contributed by atoms with Crippen LogP contribution >= 0.6 is 0 Å². The van der Waals surface area contributed by atoms with Crippen molar-refractivity contribution < 1.29 is 22.9 Å². The van der Waals surface area contributed by atoms with E-state index < -0.39 is 26.6 Å². The van der Waals surface area contributed by atoms with E-state index in [1.54, 1.807) is 6.92 Å². The molecule has 0 aromatic heterocycles. The predicted octanol–water partition coefficient (Wildman–Crippen LogP) is 1.59. The van der Waals surface area contributed by atoms with E-state index in [0.717, 1.165) is 25.5 Å². The first-order chi connectivity index (χ1) is 12.8. The summed E-state index contributed by atoms with van der Waals surface area (Å²) < 4.78 is 33.1. The summed E-state index contributed by atoms with van der Waals surface area (Å²) in [5.41, 5.74) is -0.401. The first-order valence-electron chi connectivity index (χ1n) is 8.97. The van der Waals surface area contributed by atoms with Crippen molar-refractivity contribution in [3.8, 4) is 0 Å². The van der Waals surface area contributed by atoms with Gasteiger partial charge in [0.1, 0.15) is 0 Å². The average Bonchev–Trinajstić information content (AvgIpc) is 2.88. The van der Waals surface area contributed by atoms with Crippen LogP contribution in [0.15, 0.2) is 17.0 Å². The largest absolute Gasteiger partial charge is 0.462 e. The Morgan fingerprint density at radius 1 is 1.33 bits per heavy atom. The number of esters is 1. The lowest BCUT2D eigenvalue weighted by atomic mass is 10.1. The third kappa shape index (κ3) is 3.56. The number of nitro groups is 1. The number of nitrogens with zero attached hydrogens (tertiary/aromatic N) is 2. The zero-order chi connectivity index (χ0) is 19.8. The second-order valence-corrected chi connectivity index (χ2v) is 8.65. The number of rotatable bonds is 5. The Kier molecular flexibility index (Phi) is 5.50. The predicted molar refractivity (Wildman–Crippen MR) is 97.1 cm³/mol. The van der Waals surface area contributed by atoms with Crippen LogP contribution in [0.5, 0.6) is 0 Å². The van der Waals surface area contributed by atoms with Gasteiger partial charge in [-0.3, -0.25) is 10.1 Å². The highest BCUT2D eigenvalue weighted by atomic mass is 32.2. The lowest BCUT2D eigenvalue weighted by molar-refractivity contribution is -0.385. The molecule has 10 heteroatoms. The Morgan fingerprint density at radius 2 is 2.04 bits per heavy atom. The molecule has 2 atom stereocenters. The Bertz CT molecular complexity index is 856. The van der Waals surface area contributed by atoms with Gasteiger partial charge in [-0.25, -0.2) is 13.2 Å². The maximum atomic E-state index is 13.3. The van der Waals surface area contributed by atoms with Crippen LogP contribution in [0.3, 0.4) is 0 Å². The molecule has 2 unspecified atom stereocenters. The molecule has 0 saturated carbocycles. The van der Waals surface area contributed by atoms with Crippen molar-refractivity contribution in [2.24, 2.45) is 0 Å². The Balaban J connectivity index is 2.12. The van der Waals surface area contributed by atoms with Crippen LogP contribution in [0.4, 0.5) is 5.69 Å². The quantitative estimate of drug-likeness (QED) is 0.455. The molecular formula is C17H23N3O6S. The van der Waals surface area contributed by atoms with Gasteiger partial charge in [-0.05, 0) is 45.7 Å². The van der Waals surface area contributed by atoms with Crippen LogP contribution in [0.2, 0.25) is 0 Å². The number of nitro benzene ring substituents is 1. The molecule has 2 saturated heterocycles. The second kappa shape index (κ2) is 7.53. The topological polar surface area (TPSA) is 119 Å². The van der Waals surface area contributed by atoms with Crippen LogP contribution in [0.1, 0.15) is 42.1 Å². The lowest BCUT2D eigenvalue weighted by Gasteiger charge is -2.27. The highest BCUT2D eigenvalue weighted by molar-refractivity contribution is 7.89. The smallest absolute Gasteiger partial charge is 0.338 e. The fraction of sp³-hybridized carbons (Fsp3) is 0.588. The number of benzene rings is 1. The summed E-state index contributed by atoms with van der Waals surface area (Å²) in [6.45, 7) is 4.40. The van der Waals surface area contributed by atoms with Crippen LogP contribution in [-0.4, -0.2) is 55.4 Å². The van der Waals surface area contributed by atoms with Gasteiger partial charge in [0.25, 0.3) is 5.69 Å². The summed E-state index contributed by atoms with van der Waals surface area (Å²) in [5, 5.41) is 14.7. The molecule has 0 aliphatic carbocycles. The fourth-order valence-corrected chi connectivity index (χ4v) is 5.83. The molecule has 148 valence electrons. The van der Waals surface area contributed by atoms with Crippen molar-refractivity contribution in [2.45, 2.75) is 50.1 Å². The van der Waals surface area contributed by atoms with Gasteiger partial charge in [0.15, 0.2) is 0 Å². The Hall–Kier alpha value is -2.04. The van der Waals surface area contributed by atoms with Gasteiger partial charge in [-0.2, -0.15) is 4.31 Å². The molecule has 9 nitrogen and oxygen atoms in total. The highest BCUT2D eigenvalue weighted by Crippen LogP contribution is 2.36. The third-order valence-corrected chi connectivity index (χ3v) is 7.19. The number of fused-ring (bicyclic) bond motifs is 2.